The summed E-state index contributed by atoms with van der Waals surface area (Å²) in [4.78, 5) is 9.98. The minimum atomic E-state index is -2.78. The van der Waals surface area contributed by atoms with Crippen molar-refractivity contribution < 1.29 is 19.7 Å². The van der Waals surface area contributed by atoms with Crippen molar-refractivity contribution in [2.45, 2.75) is 71.1 Å². The minimum absolute atomic E-state index is 0.346. The molecule has 0 heterocycles. The van der Waals surface area contributed by atoms with Crippen molar-refractivity contribution in [3.8, 4) is 5.75 Å². The van der Waals surface area contributed by atoms with Crippen LogP contribution in [0.1, 0.15) is 71.1 Å². The highest BCUT2D eigenvalue weighted by Gasteiger charge is 2.01. The second-order valence-corrected chi connectivity index (χ2v) is 7.28. The summed E-state index contributed by atoms with van der Waals surface area (Å²) in [5.41, 5.74) is 3.64. The molecule has 1 unspecified atom stereocenters. The van der Waals surface area contributed by atoms with Crippen LogP contribution in [-0.2, 0) is 4.57 Å². The molecule has 1 aromatic carbocycles. The van der Waals surface area contributed by atoms with Crippen molar-refractivity contribution in [2.24, 2.45) is 0 Å². The third-order valence-electron chi connectivity index (χ3n) is 3.78. The Labute approximate surface area is 164 Å². The maximum Gasteiger partial charge on any atom is 0.539 e. The third kappa shape index (κ3) is 19.3. The van der Waals surface area contributed by atoms with E-state index in [-0.39, 0.29) is 0 Å². The van der Waals surface area contributed by atoms with E-state index in [1.54, 1.807) is 30.3 Å². The van der Waals surface area contributed by atoms with Crippen LogP contribution in [0.2, 0.25) is 0 Å². The number of thiocarbonyl (C=S) groups is 1. The van der Waals surface area contributed by atoms with Crippen LogP contribution in [0, 0.1) is 0 Å². The predicted molar refractivity (Wildman–Crippen MR) is 110 cm³/mol. The summed E-state index contributed by atoms with van der Waals surface area (Å²) < 4.78 is 14.4. The Morgan fingerprint density at radius 3 is 2.00 bits per heavy atom. The summed E-state index contributed by atoms with van der Waals surface area (Å²) in [5.74, 6) is 0.346. The van der Waals surface area contributed by atoms with Gasteiger partial charge in [-0.25, -0.2) is 0 Å². The van der Waals surface area contributed by atoms with Gasteiger partial charge in [0.2, 0.25) is 0 Å². The van der Waals surface area contributed by atoms with Gasteiger partial charge in [-0.3, -0.25) is 4.52 Å². The fourth-order valence-corrected chi connectivity index (χ4v) is 2.80. The largest absolute Gasteiger partial charge is 0.558 e. The molecule has 0 amide bonds. The van der Waals surface area contributed by atoms with Crippen molar-refractivity contribution in [2.75, 3.05) is 6.54 Å². The van der Waals surface area contributed by atoms with Gasteiger partial charge in [0.15, 0.2) is 5.75 Å². The molecule has 0 aromatic heterocycles. The first-order valence-corrected chi connectivity index (χ1v) is 11.0. The van der Waals surface area contributed by atoms with Gasteiger partial charge >= 0.3 is 8.25 Å². The van der Waals surface area contributed by atoms with E-state index in [9.17, 15) is 9.46 Å². The van der Waals surface area contributed by atoms with Gasteiger partial charge in [-0.15, -0.1) is 0 Å². The van der Waals surface area contributed by atoms with E-state index >= 15 is 0 Å². The number of hydrogen-bond donors (Lipinski definition) is 2. The first-order chi connectivity index (χ1) is 12.6. The van der Waals surface area contributed by atoms with Gasteiger partial charge in [0.1, 0.15) is 0 Å². The van der Waals surface area contributed by atoms with Crippen LogP contribution in [0.25, 0.3) is 0 Å². The molecule has 1 atom stereocenters. The highest BCUT2D eigenvalue weighted by atomic mass is 32.1. The number of rotatable bonds is 13. The van der Waals surface area contributed by atoms with E-state index < -0.39 is 8.25 Å². The molecule has 0 fully saturated rings. The average molecular weight is 402 g/mol. The molecule has 148 valence electrons. The highest BCUT2D eigenvalue weighted by molar-refractivity contribution is 7.79. The molecule has 4 N–H and O–H groups in total. The van der Waals surface area contributed by atoms with Gasteiger partial charge in [-0.1, -0.05) is 82.9 Å². The maximum atomic E-state index is 9.98. The van der Waals surface area contributed by atoms with Gasteiger partial charge in [0, 0.05) is 18.8 Å². The zero-order valence-electron chi connectivity index (χ0n) is 16.0. The molecular formula is C19H34N2O3PS+. The summed E-state index contributed by atoms with van der Waals surface area (Å²) in [6.45, 7) is 3.27. The van der Waals surface area contributed by atoms with Crippen LogP contribution in [0.3, 0.4) is 0 Å². The Hall–Kier alpha value is -1.07. The van der Waals surface area contributed by atoms with Gasteiger partial charge in [0.25, 0.3) is 5.11 Å². The minimum Gasteiger partial charge on any atom is -0.558 e. The Bertz CT molecular complexity index is 475. The number of para-hydroxylation sites is 1. The number of quaternary nitrogens is 1. The standard InChI is InChI=1S/C13H28N2S.C6H5O3P/c1-2-3-4-5-6-7-8-9-10-11-12-15-13(14)16;7-10(8)9-6-4-2-1-3-5-6/h2-12H2,1H3,(H3,14,15,16);1-5H/p+1. The quantitative estimate of drug-likeness (QED) is 0.295. The van der Waals surface area contributed by atoms with E-state index in [2.05, 4.69) is 22.5 Å². The summed E-state index contributed by atoms with van der Waals surface area (Å²) in [6, 6.07) is 8.34. The van der Waals surface area contributed by atoms with Gasteiger partial charge < -0.3 is 15.9 Å². The zero-order chi connectivity index (χ0) is 19.5. The molecule has 0 radical (unpaired) electrons. The van der Waals surface area contributed by atoms with Crippen molar-refractivity contribution >= 4 is 25.6 Å². The van der Waals surface area contributed by atoms with Crippen molar-refractivity contribution in [1.29, 1.82) is 0 Å². The lowest BCUT2D eigenvalue weighted by Gasteiger charge is -2.02. The average Bonchev–Trinajstić information content (AvgIpc) is 2.60. The molecule has 0 aliphatic rings. The van der Waals surface area contributed by atoms with Crippen molar-refractivity contribution in [1.82, 2.24) is 5.32 Å². The number of nitrogens with one attached hydrogen (secondary N) is 1. The second-order valence-electron chi connectivity index (χ2n) is 6.16. The van der Waals surface area contributed by atoms with Crippen LogP contribution < -0.4 is 20.5 Å². The highest BCUT2D eigenvalue weighted by Crippen LogP contribution is 2.18. The topological polar surface area (TPSA) is 89.0 Å². The van der Waals surface area contributed by atoms with E-state index in [1.807, 2.05) is 0 Å². The Balaban J connectivity index is 0.000000531. The molecular weight excluding hydrogens is 367 g/mol. The fraction of sp³-hybridized carbons (Fsp3) is 0.632. The molecule has 0 bridgehead atoms. The molecule has 1 aromatic rings. The van der Waals surface area contributed by atoms with Crippen molar-refractivity contribution in [3.63, 3.8) is 0 Å². The molecule has 26 heavy (non-hydrogen) atoms. The summed E-state index contributed by atoms with van der Waals surface area (Å²) in [5, 5.41) is 3.77. The molecule has 5 nitrogen and oxygen atoms in total. The Kier molecular flexibility index (Phi) is 17.9. The third-order valence-corrected chi connectivity index (χ3v) is 4.28. The normalized spacial score (nSPS) is 10.5. The fourth-order valence-electron chi connectivity index (χ4n) is 2.41. The van der Waals surface area contributed by atoms with Crippen LogP contribution in [-0.4, -0.2) is 11.7 Å². The molecule has 0 aliphatic heterocycles. The summed E-state index contributed by atoms with van der Waals surface area (Å²) in [7, 11) is -2.78. The SMILES string of the molecule is CCCCCCCCCCCCNC([NH3+])=S.O=[P+]([O-])Oc1ccccc1. The van der Waals surface area contributed by atoms with Crippen LogP contribution in [0.15, 0.2) is 30.3 Å². The monoisotopic (exact) mass is 401 g/mol. The van der Waals surface area contributed by atoms with Crippen molar-refractivity contribution in [3.05, 3.63) is 30.3 Å². The first kappa shape index (κ1) is 24.9. The number of unbranched alkanes of at least 4 members (excludes halogenated alkanes) is 9. The molecule has 0 spiro atoms. The molecule has 0 saturated heterocycles. The van der Waals surface area contributed by atoms with Crippen LogP contribution in [0.4, 0.5) is 0 Å². The number of hydrogen-bond acceptors (Lipinski definition) is 4. The predicted octanol–water partition coefficient (Wildman–Crippen LogP) is 4.11. The second kappa shape index (κ2) is 18.7. The lowest BCUT2D eigenvalue weighted by molar-refractivity contribution is -0.215. The van der Waals surface area contributed by atoms with E-state index in [1.165, 1.54) is 64.2 Å². The summed E-state index contributed by atoms with van der Waals surface area (Å²) in [6.07, 6.45) is 13.8. The Morgan fingerprint density at radius 1 is 1.04 bits per heavy atom. The maximum absolute atomic E-state index is 9.98. The number of benzene rings is 1. The van der Waals surface area contributed by atoms with E-state index in [4.69, 9.17) is 12.2 Å². The van der Waals surface area contributed by atoms with E-state index in [0.29, 0.717) is 10.9 Å². The lowest BCUT2D eigenvalue weighted by atomic mass is 10.1. The van der Waals surface area contributed by atoms with Crippen LogP contribution in [0.5, 0.6) is 5.75 Å². The molecule has 0 aliphatic carbocycles. The first-order valence-electron chi connectivity index (χ1n) is 9.53. The molecule has 7 heteroatoms. The smallest absolute Gasteiger partial charge is 0.539 e. The molecule has 1 rings (SSSR count). The summed E-state index contributed by atoms with van der Waals surface area (Å²) >= 11 is 4.84. The lowest BCUT2D eigenvalue weighted by Crippen LogP contribution is -2.62. The van der Waals surface area contributed by atoms with Gasteiger partial charge in [-0.2, -0.15) is 0 Å². The molecule has 0 saturated carbocycles. The van der Waals surface area contributed by atoms with Crippen LogP contribution >= 0.6 is 20.5 Å². The zero-order valence-corrected chi connectivity index (χ0v) is 17.7. The van der Waals surface area contributed by atoms with Gasteiger partial charge in [-0.05, 0) is 23.1 Å². The van der Waals surface area contributed by atoms with E-state index in [0.717, 1.165) is 6.54 Å². The van der Waals surface area contributed by atoms with Gasteiger partial charge in [0.05, 0.1) is 0 Å². The Morgan fingerprint density at radius 2 is 1.54 bits per heavy atom.